The minimum Gasteiger partial charge on any atom is -0.326 e. The number of halogens is 1. The third-order valence-electron chi connectivity index (χ3n) is 3.88. The lowest BCUT2D eigenvalue weighted by Gasteiger charge is -2.22. The first-order chi connectivity index (χ1) is 11.3. The summed E-state index contributed by atoms with van der Waals surface area (Å²) in [6.07, 6.45) is 4.50. The first kappa shape index (κ1) is 19.2. The monoisotopic (exact) mass is 361 g/mol. The lowest BCUT2D eigenvalue weighted by molar-refractivity contribution is 0.586. The molecule has 0 unspecified atom stereocenters. The van der Waals surface area contributed by atoms with E-state index in [9.17, 15) is 0 Å². The number of hydrogen-bond donors (Lipinski definition) is 1. The Balaban J connectivity index is 0.000000623. The fourth-order valence-corrected chi connectivity index (χ4v) is 3.38. The Morgan fingerprint density at radius 2 is 1.67 bits per heavy atom. The maximum atomic E-state index is 6.15. The Hall–Kier alpha value is -1.12. The van der Waals surface area contributed by atoms with E-state index < -0.39 is 0 Å². The molecule has 1 N–H and O–H groups in total. The van der Waals surface area contributed by atoms with Gasteiger partial charge in [-0.15, -0.1) is 0 Å². The summed E-state index contributed by atoms with van der Waals surface area (Å²) in [5.74, 6) is 0. The van der Waals surface area contributed by atoms with Crippen molar-refractivity contribution in [1.29, 1.82) is 0 Å². The van der Waals surface area contributed by atoms with E-state index in [-0.39, 0.29) is 5.41 Å². The van der Waals surface area contributed by atoms with Gasteiger partial charge in [0.2, 0.25) is 0 Å². The highest BCUT2D eigenvalue weighted by Crippen LogP contribution is 2.31. The van der Waals surface area contributed by atoms with Crippen LogP contribution in [0.4, 0.5) is 5.69 Å². The molecule has 3 rings (SSSR count). The predicted molar refractivity (Wildman–Crippen MR) is 109 cm³/mol. The van der Waals surface area contributed by atoms with Crippen molar-refractivity contribution in [3.63, 3.8) is 0 Å². The summed E-state index contributed by atoms with van der Waals surface area (Å²) in [7, 11) is 0. The molecule has 0 bridgehead atoms. The van der Waals surface area contributed by atoms with E-state index in [2.05, 4.69) is 56.7 Å². The molecule has 2 aromatic rings. The smallest absolute Gasteiger partial charge is 0.0446 e. The van der Waals surface area contributed by atoms with Gasteiger partial charge in [-0.2, -0.15) is 0 Å². The van der Waals surface area contributed by atoms with Crippen LogP contribution in [0.2, 0.25) is 5.02 Å². The fourth-order valence-electron chi connectivity index (χ4n) is 2.38. The molecular formula is C21H28ClNS. The maximum Gasteiger partial charge on any atom is 0.0446 e. The summed E-state index contributed by atoms with van der Waals surface area (Å²) in [5, 5.41) is 0.807. The second-order valence-electron chi connectivity index (χ2n) is 7.41. The van der Waals surface area contributed by atoms with Crippen molar-refractivity contribution in [2.75, 3.05) is 4.72 Å². The molecule has 1 nitrogen and oxygen atoms in total. The fraction of sp³-hybridized carbons (Fsp3) is 0.429. The van der Waals surface area contributed by atoms with Crippen LogP contribution in [0.15, 0.2) is 41.3 Å². The van der Waals surface area contributed by atoms with Gasteiger partial charge < -0.3 is 4.72 Å². The Bertz CT molecular complexity index is 684. The first-order valence-corrected chi connectivity index (χ1v) is 9.77. The average molecular weight is 362 g/mol. The summed E-state index contributed by atoms with van der Waals surface area (Å²) in [6, 6.07) is 12.5. The van der Waals surface area contributed by atoms with Crippen LogP contribution in [0, 0.1) is 13.8 Å². The zero-order valence-corrected chi connectivity index (χ0v) is 16.9. The number of nitrogens with one attached hydrogen (secondary N) is 1. The van der Waals surface area contributed by atoms with Crippen LogP contribution < -0.4 is 4.72 Å². The summed E-state index contributed by atoms with van der Waals surface area (Å²) in [4.78, 5) is 1.15. The molecular weight excluding hydrogens is 334 g/mol. The van der Waals surface area contributed by atoms with Crippen molar-refractivity contribution in [1.82, 2.24) is 0 Å². The molecule has 1 aliphatic carbocycles. The standard InChI is InChI=1S/C18H22ClNS.C3H6/c1-12-11-14(9-10-15(12)18(3,4)5)20-21-17-8-6-7-16(19)13(17)2;1-2-3-1/h6-11,20H,1-5H3;1-3H2. The van der Waals surface area contributed by atoms with Crippen LogP contribution in [0.5, 0.6) is 0 Å². The van der Waals surface area contributed by atoms with Crippen LogP contribution in [-0.4, -0.2) is 0 Å². The highest BCUT2D eigenvalue weighted by Gasteiger charge is 2.16. The van der Waals surface area contributed by atoms with E-state index in [4.69, 9.17) is 11.6 Å². The van der Waals surface area contributed by atoms with Gasteiger partial charge in [-0.3, -0.25) is 0 Å². The molecule has 0 heterocycles. The first-order valence-electron chi connectivity index (χ1n) is 8.58. The third kappa shape index (κ3) is 5.75. The Kier molecular flexibility index (Phi) is 6.65. The van der Waals surface area contributed by atoms with Crippen LogP contribution in [0.1, 0.15) is 56.7 Å². The molecule has 1 aliphatic rings. The summed E-state index contributed by atoms with van der Waals surface area (Å²) in [5.41, 5.74) is 5.11. The van der Waals surface area contributed by atoms with Crippen molar-refractivity contribution in [2.45, 2.75) is 64.2 Å². The van der Waals surface area contributed by atoms with Crippen LogP contribution in [-0.2, 0) is 5.41 Å². The van der Waals surface area contributed by atoms with E-state index in [1.807, 2.05) is 19.1 Å². The third-order valence-corrected chi connectivity index (χ3v) is 5.29. The Labute approximate surface area is 156 Å². The summed E-state index contributed by atoms with van der Waals surface area (Å²) >= 11 is 7.75. The minimum absolute atomic E-state index is 0.180. The second kappa shape index (κ2) is 8.31. The largest absolute Gasteiger partial charge is 0.326 e. The lowest BCUT2D eigenvalue weighted by atomic mass is 9.84. The molecule has 1 fully saturated rings. The normalized spacial score (nSPS) is 13.1. The molecule has 1 saturated carbocycles. The molecule has 0 radical (unpaired) electrons. The highest BCUT2D eigenvalue weighted by molar-refractivity contribution is 8.00. The topological polar surface area (TPSA) is 12.0 Å². The highest BCUT2D eigenvalue weighted by atomic mass is 35.5. The molecule has 3 heteroatoms. The van der Waals surface area contributed by atoms with E-state index in [0.717, 1.165) is 21.2 Å². The van der Waals surface area contributed by atoms with Crippen molar-refractivity contribution in [3.05, 3.63) is 58.1 Å². The van der Waals surface area contributed by atoms with Gasteiger partial charge in [-0.05, 0) is 72.2 Å². The van der Waals surface area contributed by atoms with Crippen LogP contribution in [0.25, 0.3) is 0 Å². The quantitative estimate of drug-likeness (QED) is 0.566. The number of benzene rings is 2. The van der Waals surface area contributed by atoms with Gasteiger partial charge in [0.1, 0.15) is 0 Å². The van der Waals surface area contributed by atoms with Crippen molar-refractivity contribution < 1.29 is 0 Å². The van der Waals surface area contributed by atoms with Gasteiger partial charge in [-0.25, -0.2) is 0 Å². The van der Waals surface area contributed by atoms with Gasteiger partial charge >= 0.3 is 0 Å². The molecule has 0 atom stereocenters. The van der Waals surface area contributed by atoms with Gasteiger partial charge in [0.05, 0.1) is 0 Å². The molecule has 130 valence electrons. The van der Waals surface area contributed by atoms with Crippen LogP contribution >= 0.6 is 23.5 Å². The molecule has 0 aromatic heterocycles. The average Bonchev–Trinajstić information content (AvgIpc) is 3.36. The number of aryl methyl sites for hydroxylation is 1. The number of hydrogen-bond acceptors (Lipinski definition) is 2. The molecule has 0 spiro atoms. The Morgan fingerprint density at radius 1 is 1.00 bits per heavy atom. The summed E-state index contributed by atoms with van der Waals surface area (Å²) in [6.45, 7) is 10.9. The molecule has 2 aromatic carbocycles. The molecule has 24 heavy (non-hydrogen) atoms. The van der Waals surface area contributed by atoms with E-state index in [1.165, 1.54) is 30.4 Å². The van der Waals surface area contributed by atoms with E-state index >= 15 is 0 Å². The zero-order valence-electron chi connectivity index (χ0n) is 15.4. The van der Waals surface area contributed by atoms with Gasteiger partial charge in [0.15, 0.2) is 0 Å². The van der Waals surface area contributed by atoms with Crippen molar-refractivity contribution >= 4 is 29.2 Å². The zero-order chi connectivity index (χ0) is 17.7. The Morgan fingerprint density at radius 3 is 2.21 bits per heavy atom. The number of rotatable bonds is 3. The minimum atomic E-state index is 0.180. The maximum absolute atomic E-state index is 6.15. The molecule has 0 aliphatic heterocycles. The second-order valence-corrected chi connectivity index (χ2v) is 8.66. The van der Waals surface area contributed by atoms with Gasteiger partial charge in [-0.1, -0.05) is 63.8 Å². The molecule has 0 amide bonds. The SMILES string of the molecule is C1CC1.Cc1cc(NSc2cccc(Cl)c2C)ccc1C(C)(C)C. The number of anilines is 1. The summed E-state index contributed by atoms with van der Waals surface area (Å²) < 4.78 is 3.41. The van der Waals surface area contributed by atoms with Gasteiger partial charge in [0.25, 0.3) is 0 Å². The predicted octanol–water partition coefficient (Wildman–Crippen LogP) is 7.54. The van der Waals surface area contributed by atoms with E-state index in [1.54, 1.807) is 11.9 Å². The van der Waals surface area contributed by atoms with E-state index in [0.29, 0.717) is 0 Å². The lowest BCUT2D eigenvalue weighted by Crippen LogP contribution is -2.12. The molecule has 0 saturated heterocycles. The van der Waals surface area contributed by atoms with Crippen molar-refractivity contribution in [2.24, 2.45) is 0 Å². The van der Waals surface area contributed by atoms with Crippen LogP contribution in [0.3, 0.4) is 0 Å². The van der Waals surface area contributed by atoms with Crippen molar-refractivity contribution in [3.8, 4) is 0 Å². The van der Waals surface area contributed by atoms with Gasteiger partial charge in [0, 0.05) is 15.6 Å².